The smallest absolute Gasteiger partial charge is 0.0213 e. The van der Waals surface area contributed by atoms with Crippen LogP contribution in [0.25, 0.3) is 0 Å². The molecule has 13 heavy (non-hydrogen) atoms. The van der Waals surface area contributed by atoms with Crippen LogP contribution in [-0.4, -0.2) is 7.05 Å². The monoisotopic (exact) mass is 193 g/mol. The molecule has 1 heterocycles. The molecule has 0 aliphatic heterocycles. The minimum atomic E-state index is 0.926. The van der Waals surface area contributed by atoms with Gasteiger partial charge in [0.2, 0.25) is 0 Å². The highest BCUT2D eigenvalue weighted by Crippen LogP contribution is 2.56. The molecule has 0 saturated heterocycles. The third-order valence-electron chi connectivity index (χ3n) is 3.52. The molecule has 70 valence electrons. The van der Waals surface area contributed by atoms with E-state index in [9.17, 15) is 0 Å². The zero-order valence-electron chi connectivity index (χ0n) is 7.97. The van der Waals surface area contributed by atoms with E-state index in [2.05, 4.69) is 10.7 Å². The zero-order valence-corrected chi connectivity index (χ0v) is 8.79. The molecule has 1 aromatic rings. The van der Waals surface area contributed by atoms with Crippen molar-refractivity contribution in [2.24, 2.45) is 0 Å². The van der Waals surface area contributed by atoms with Crippen molar-refractivity contribution in [3.63, 3.8) is 0 Å². The molecule has 1 N–H and O–H groups in total. The Morgan fingerprint density at radius 3 is 3.15 bits per heavy atom. The molecule has 0 amide bonds. The topological polar surface area (TPSA) is 12.0 Å². The second kappa shape index (κ2) is 2.82. The molecule has 1 saturated carbocycles. The number of fused-ring (bicyclic) bond motifs is 5. The van der Waals surface area contributed by atoms with E-state index < -0.39 is 0 Å². The maximum atomic E-state index is 3.27. The maximum absolute atomic E-state index is 3.27. The Labute approximate surface area is 83.2 Å². The fourth-order valence-electron chi connectivity index (χ4n) is 3.01. The zero-order chi connectivity index (χ0) is 8.84. The predicted molar refractivity (Wildman–Crippen MR) is 56.4 cm³/mol. The van der Waals surface area contributed by atoms with Crippen LogP contribution in [0.4, 0.5) is 0 Å². The molecular formula is C11H15NS. The highest BCUT2D eigenvalue weighted by atomic mass is 32.1. The summed E-state index contributed by atoms with van der Waals surface area (Å²) in [4.78, 5) is 1.72. The number of thiophene rings is 1. The van der Waals surface area contributed by atoms with Gasteiger partial charge in [0.25, 0.3) is 0 Å². The van der Waals surface area contributed by atoms with Crippen molar-refractivity contribution in [3.8, 4) is 0 Å². The van der Waals surface area contributed by atoms with Gasteiger partial charge in [0.05, 0.1) is 0 Å². The Kier molecular flexibility index (Phi) is 1.74. The van der Waals surface area contributed by atoms with Crippen LogP contribution in [0.3, 0.4) is 0 Å². The van der Waals surface area contributed by atoms with E-state index >= 15 is 0 Å². The lowest BCUT2D eigenvalue weighted by Crippen LogP contribution is -2.07. The summed E-state index contributed by atoms with van der Waals surface area (Å²) in [6.07, 6.45) is 4.36. The van der Waals surface area contributed by atoms with Crippen LogP contribution in [0.1, 0.15) is 47.1 Å². The summed E-state index contributed by atoms with van der Waals surface area (Å²) in [5, 5.41) is 5.63. The molecule has 0 spiro atoms. The van der Waals surface area contributed by atoms with Crippen LogP contribution >= 0.6 is 11.3 Å². The van der Waals surface area contributed by atoms with E-state index in [0.717, 1.165) is 18.4 Å². The molecule has 0 aromatic carbocycles. The van der Waals surface area contributed by atoms with Gasteiger partial charge in [0.1, 0.15) is 0 Å². The minimum Gasteiger partial charge on any atom is -0.316 e. The molecule has 2 heteroatoms. The Balaban J connectivity index is 2.03. The first-order valence-corrected chi connectivity index (χ1v) is 6.03. The summed E-state index contributed by atoms with van der Waals surface area (Å²) >= 11 is 2.00. The fraction of sp³-hybridized carbons (Fsp3) is 0.636. The molecule has 1 aromatic heterocycles. The van der Waals surface area contributed by atoms with Gasteiger partial charge in [-0.15, -0.1) is 11.3 Å². The molecule has 2 aliphatic carbocycles. The van der Waals surface area contributed by atoms with Crippen molar-refractivity contribution in [1.29, 1.82) is 0 Å². The van der Waals surface area contributed by atoms with Crippen LogP contribution < -0.4 is 5.32 Å². The van der Waals surface area contributed by atoms with Crippen molar-refractivity contribution >= 4 is 11.3 Å². The van der Waals surface area contributed by atoms with Crippen molar-refractivity contribution in [3.05, 3.63) is 21.4 Å². The molecule has 0 radical (unpaired) electrons. The van der Waals surface area contributed by atoms with Crippen LogP contribution in [0, 0.1) is 0 Å². The number of rotatable bonds is 2. The van der Waals surface area contributed by atoms with Gasteiger partial charge < -0.3 is 5.32 Å². The van der Waals surface area contributed by atoms with E-state index in [1.165, 1.54) is 19.3 Å². The summed E-state index contributed by atoms with van der Waals surface area (Å²) in [5.74, 6) is 1.87. The number of hydrogen-bond donors (Lipinski definition) is 1. The average Bonchev–Trinajstić information content (AvgIpc) is 2.74. The average molecular weight is 193 g/mol. The number of hydrogen-bond acceptors (Lipinski definition) is 2. The van der Waals surface area contributed by atoms with Crippen LogP contribution in [0.5, 0.6) is 0 Å². The fourth-order valence-corrected chi connectivity index (χ4v) is 4.32. The van der Waals surface area contributed by atoms with Gasteiger partial charge in [-0.25, -0.2) is 0 Å². The Morgan fingerprint density at radius 2 is 2.31 bits per heavy atom. The molecule has 2 atom stereocenters. The van der Waals surface area contributed by atoms with E-state index in [4.69, 9.17) is 0 Å². The van der Waals surface area contributed by atoms with Crippen LogP contribution in [0.15, 0.2) is 5.38 Å². The third kappa shape index (κ3) is 1.02. The minimum absolute atomic E-state index is 0.926. The van der Waals surface area contributed by atoms with Gasteiger partial charge >= 0.3 is 0 Å². The lowest BCUT2D eigenvalue weighted by molar-refractivity contribution is 0.708. The van der Waals surface area contributed by atoms with Crippen molar-refractivity contribution < 1.29 is 0 Å². The van der Waals surface area contributed by atoms with Gasteiger partial charge in [-0.2, -0.15) is 0 Å². The lowest BCUT2D eigenvalue weighted by Gasteiger charge is -2.12. The molecule has 1 fully saturated rings. The van der Waals surface area contributed by atoms with Gasteiger partial charge in [-0.1, -0.05) is 0 Å². The summed E-state index contributed by atoms with van der Waals surface area (Å²) < 4.78 is 0. The quantitative estimate of drug-likeness (QED) is 0.761. The van der Waals surface area contributed by atoms with Gasteiger partial charge in [0.15, 0.2) is 0 Å². The Morgan fingerprint density at radius 1 is 1.46 bits per heavy atom. The van der Waals surface area contributed by atoms with Crippen LogP contribution in [0.2, 0.25) is 0 Å². The maximum Gasteiger partial charge on any atom is 0.0213 e. The highest BCUT2D eigenvalue weighted by Gasteiger charge is 2.39. The van der Waals surface area contributed by atoms with Crippen LogP contribution in [-0.2, 0) is 6.54 Å². The predicted octanol–water partition coefficient (Wildman–Crippen LogP) is 2.83. The second-order valence-electron chi connectivity index (χ2n) is 4.28. The Hall–Kier alpha value is -0.340. The standard InChI is InChI=1S/C11H15NS/c1-12-5-9-6-13-11-8-3-2-7(4-8)10(9)11/h6-8,12H,2-5H2,1H3. The first-order chi connectivity index (χ1) is 6.40. The van der Waals surface area contributed by atoms with Crippen molar-refractivity contribution in [2.45, 2.75) is 37.6 Å². The van der Waals surface area contributed by atoms with Gasteiger partial charge in [0, 0.05) is 11.4 Å². The van der Waals surface area contributed by atoms with E-state index in [1.807, 2.05) is 18.4 Å². The summed E-state index contributed by atoms with van der Waals surface area (Å²) in [7, 11) is 2.04. The largest absolute Gasteiger partial charge is 0.316 e. The normalized spacial score (nSPS) is 29.6. The molecule has 2 bridgehead atoms. The highest BCUT2D eigenvalue weighted by molar-refractivity contribution is 7.10. The van der Waals surface area contributed by atoms with Gasteiger partial charge in [-0.3, -0.25) is 0 Å². The molecule has 1 nitrogen and oxygen atoms in total. The lowest BCUT2D eigenvalue weighted by atomic mass is 9.95. The molecular weight excluding hydrogens is 178 g/mol. The first kappa shape index (κ1) is 8.01. The molecule has 2 unspecified atom stereocenters. The SMILES string of the molecule is CNCc1csc2c1C1CCC2C1. The third-order valence-corrected chi connectivity index (χ3v) is 4.73. The number of nitrogens with one attached hydrogen (secondary N) is 1. The Bertz CT molecular complexity index is 329. The first-order valence-electron chi connectivity index (χ1n) is 5.15. The van der Waals surface area contributed by atoms with E-state index in [-0.39, 0.29) is 0 Å². The van der Waals surface area contributed by atoms with Crippen molar-refractivity contribution in [2.75, 3.05) is 7.05 Å². The molecule has 2 aliphatic rings. The van der Waals surface area contributed by atoms with E-state index in [1.54, 1.807) is 16.0 Å². The second-order valence-corrected chi connectivity index (χ2v) is 5.19. The van der Waals surface area contributed by atoms with Gasteiger partial charge in [-0.05, 0) is 54.7 Å². The summed E-state index contributed by atoms with van der Waals surface area (Å²) in [6.45, 7) is 1.06. The molecule has 3 rings (SSSR count). The summed E-state index contributed by atoms with van der Waals surface area (Å²) in [6, 6.07) is 0. The summed E-state index contributed by atoms with van der Waals surface area (Å²) in [5.41, 5.74) is 3.31. The van der Waals surface area contributed by atoms with E-state index in [0.29, 0.717) is 0 Å². The van der Waals surface area contributed by atoms with Crippen molar-refractivity contribution in [1.82, 2.24) is 5.32 Å².